The lowest BCUT2D eigenvalue weighted by molar-refractivity contribution is 0.401. The molecule has 0 saturated heterocycles. The van der Waals surface area contributed by atoms with Gasteiger partial charge in [-0.05, 0) is 12.1 Å². The molecule has 4 nitrogen and oxygen atoms in total. The molecule has 0 atom stereocenters. The predicted molar refractivity (Wildman–Crippen MR) is 50.2 cm³/mol. The average Bonchev–Trinajstić information content (AvgIpc) is 2.23. The second-order valence-electron chi connectivity index (χ2n) is 2.61. The van der Waals surface area contributed by atoms with E-state index in [9.17, 15) is 5.11 Å². The highest BCUT2D eigenvalue weighted by molar-refractivity contribution is 5.39. The Bertz CT molecular complexity index is 417. The van der Waals surface area contributed by atoms with Gasteiger partial charge in [0.05, 0.1) is 6.20 Å². The van der Waals surface area contributed by atoms with Crippen molar-refractivity contribution in [1.82, 2.24) is 9.97 Å². The predicted octanol–water partition coefficient (Wildman–Crippen LogP) is 1.97. The largest absolute Gasteiger partial charge is 0.504 e. The SMILES string of the molecule is Oc1ccccc1Oc1cnccn1. The van der Waals surface area contributed by atoms with Crippen molar-refractivity contribution < 1.29 is 9.84 Å². The van der Waals surface area contributed by atoms with Crippen LogP contribution in [0.1, 0.15) is 0 Å². The first-order valence-corrected chi connectivity index (χ1v) is 4.08. The van der Waals surface area contributed by atoms with E-state index in [1.54, 1.807) is 30.5 Å². The van der Waals surface area contributed by atoms with E-state index < -0.39 is 0 Å². The van der Waals surface area contributed by atoms with E-state index in [2.05, 4.69) is 9.97 Å². The first-order chi connectivity index (χ1) is 6.86. The lowest BCUT2D eigenvalue weighted by Gasteiger charge is -2.04. The average molecular weight is 188 g/mol. The van der Waals surface area contributed by atoms with Gasteiger partial charge in [0.25, 0.3) is 0 Å². The third kappa shape index (κ3) is 1.80. The van der Waals surface area contributed by atoms with Gasteiger partial charge in [0, 0.05) is 12.4 Å². The third-order valence-electron chi connectivity index (χ3n) is 1.62. The van der Waals surface area contributed by atoms with Crippen LogP contribution in [0.5, 0.6) is 17.4 Å². The molecule has 0 bridgehead atoms. The van der Waals surface area contributed by atoms with Crippen LogP contribution in [0.2, 0.25) is 0 Å². The molecule has 1 N–H and O–H groups in total. The van der Waals surface area contributed by atoms with Gasteiger partial charge in [-0.3, -0.25) is 4.98 Å². The highest BCUT2D eigenvalue weighted by Gasteiger charge is 2.02. The molecule has 0 amide bonds. The topological polar surface area (TPSA) is 55.2 Å². The van der Waals surface area contributed by atoms with Crippen LogP contribution < -0.4 is 4.74 Å². The summed E-state index contributed by atoms with van der Waals surface area (Å²) in [5.41, 5.74) is 0. The number of aromatic nitrogens is 2. The Labute approximate surface area is 80.8 Å². The molecule has 0 saturated carbocycles. The summed E-state index contributed by atoms with van der Waals surface area (Å²) in [5.74, 6) is 0.806. The number of benzene rings is 1. The summed E-state index contributed by atoms with van der Waals surface area (Å²) in [7, 11) is 0. The van der Waals surface area contributed by atoms with Crippen molar-refractivity contribution in [3.05, 3.63) is 42.9 Å². The molecular weight excluding hydrogens is 180 g/mol. The van der Waals surface area contributed by atoms with Crippen LogP contribution in [0.15, 0.2) is 42.9 Å². The molecule has 70 valence electrons. The first kappa shape index (κ1) is 8.50. The van der Waals surface area contributed by atoms with Crippen molar-refractivity contribution in [3.8, 4) is 17.4 Å². The molecule has 0 aliphatic rings. The van der Waals surface area contributed by atoms with E-state index in [0.717, 1.165) is 0 Å². The van der Waals surface area contributed by atoms with Crippen molar-refractivity contribution in [2.45, 2.75) is 0 Å². The summed E-state index contributed by atoms with van der Waals surface area (Å²) in [6.07, 6.45) is 4.56. The number of para-hydroxylation sites is 2. The maximum absolute atomic E-state index is 9.40. The second-order valence-corrected chi connectivity index (χ2v) is 2.61. The van der Waals surface area contributed by atoms with Crippen molar-refractivity contribution in [2.24, 2.45) is 0 Å². The number of nitrogens with zero attached hydrogens (tertiary/aromatic N) is 2. The highest BCUT2D eigenvalue weighted by atomic mass is 16.5. The normalized spacial score (nSPS) is 9.71. The molecule has 1 aromatic carbocycles. The lowest BCUT2D eigenvalue weighted by Crippen LogP contribution is -1.87. The maximum Gasteiger partial charge on any atom is 0.238 e. The lowest BCUT2D eigenvalue weighted by atomic mass is 10.3. The minimum absolute atomic E-state index is 0.0816. The molecule has 2 rings (SSSR count). The van der Waals surface area contributed by atoms with Gasteiger partial charge in [-0.2, -0.15) is 0 Å². The maximum atomic E-state index is 9.40. The van der Waals surface area contributed by atoms with Crippen LogP contribution in [0.4, 0.5) is 0 Å². The zero-order chi connectivity index (χ0) is 9.80. The van der Waals surface area contributed by atoms with Crippen molar-refractivity contribution in [3.63, 3.8) is 0 Å². The zero-order valence-corrected chi connectivity index (χ0v) is 7.29. The summed E-state index contributed by atoms with van der Waals surface area (Å²) in [4.78, 5) is 7.76. The quantitative estimate of drug-likeness (QED) is 0.782. The van der Waals surface area contributed by atoms with Crippen LogP contribution in [0.3, 0.4) is 0 Å². The summed E-state index contributed by atoms with van der Waals surface area (Å²) >= 11 is 0. The number of hydrogen-bond donors (Lipinski definition) is 1. The molecular formula is C10H8N2O2. The van der Waals surface area contributed by atoms with Gasteiger partial charge < -0.3 is 9.84 Å². The van der Waals surface area contributed by atoms with E-state index >= 15 is 0 Å². The van der Waals surface area contributed by atoms with Gasteiger partial charge in [-0.15, -0.1) is 0 Å². The molecule has 0 aliphatic heterocycles. The van der Waals surface area contributed by atoms with Crippen LogP contribution in [0, 0.1) is 0 Å². The summed E-state index contributed by atoms with van der Waals surface area (Å²) in [6.45, 7) is 0. The molecule has 1 aromatic heterocycles. The van der Waals surface area contributed by atoms with Gasteiger partial charge in [0.2, 0.25) is 5.88 Å². The van der Waals surface area contributed by atoms with Crippen LogP contribution in [0.25, 0.3) is 0 Å². The molecule has 1 heterocycles. The molecule has 2 aromatic rings. The third-order valence-corrected chi connectivity index (χ3v) is 1.62. The van der Waals surface area contributed by atoms with E-state index in [4.69, 9.17) is 4.74 Å². The smallest absolute Gasteiger partial charge is 0.238 e. The van der Waals surface area contributed by atoms with E-state index in [1.807, 2.05) is 0 Å². The Kier molecular flexibility index (Phi) is 2.27. The van der Waals surface area contributed by atoms with Crippen LogP contribution >= 0.6 is 0 Å². The number of aromatic hydroxyl groups is 1. The fourth-order valence-corrected chi connectivity index (χ4v) is 0.994. The van der Waals surface area contributed by atoms with Gasteiger partial charge >= 0.3 is 0 Å². The Hall–Kier alpha value is -2.10. The zero-order valence-electron chi connectivity index (χ0n) is 7.29. The second kappa shape index (κ2) is 3.74. The number of phenols is 1. The number of ether oxygens (including phenoxy) is 1. The standard InChI is InChI=1S/C10H8N2O2/c13-8-3-1-2-4-9(8)14-10-7-11-5-6-12-10/h1-7,13H. The molecule has 0 spiro atoms. The summed E-state index contributed by atoms with van der Waals surface area (Å²) < 4.78 is 5.29. The van der Waals surface area contributed by atoms with Gasteiger partial charge in [-0.1, -0.05) is 12.1 Å². The van der Waals surface area contributed by atoms with Gasteiger partial charge in [0.15, 0.2) is 11.5 Å². The van der Waals surface area contributed by atoms with Crippen molar-refractivity contribution in [1.29, 1.82) is 0 Å². The monoisotopic (exact) mass is 188 g/mol. The molecule has 0 unspecified atom stereocenters. The molecule has 0 fully saturated rings. The van der Waals surface area contributed by atoms with Gasteiger partial charge in [-0.25, -0.2) is 4.98 Å². The fraction of sp³-hybridized carbons (Fsp3) is 0. The molecule has 14 heavy (non-hydrogen) atoms. The Morgan fingerprint density at radius 3 is 2.71 bits per heavy atom. The van der Waals surface area contributed by atoms with Crippen molar-refractivity contribution >= 4 is 0 Å². The summed E-state index contributed by atoms with van der Waals surface area (Å²) in [5, 5.41) is 9.40. The number of rotatable bonds is 2. The van der Waals surface area contributed by atoms with Crippen LogP contribution in [-0.4, -0.2) is 15.1 Å². The van der Waals surface area contributed by atoms with Crippen molar-refractivity contribution in [2.75, 3.05) is 0 Å². The van der Waals surface area contributed by atoms with E-state index in [0.29, 0.717) is 11.6 Å². The van der Waals surface area contributed by atoms with Crippen LogP contribution in [-0.2, 0) is 0 Å². The Morgan fingerprint density at radius 1 is 1.14 bits per heavy atom. The number of phenolic OH excluding ortho intramolecular Hbond substituents is 1. The fourth-order valence-electron chi connectivity index (χ4n) is 0.994. The van der Waals surface area contributed by atoms with E-state index in [-0.39, 0.29) is 5.75 Å². The highest BCUT2D eigenvalue weighted by Crippen LogP contribution is 2.28. The first-order valence-electron chi connectivity index (χ1n) is 4.08. The molecule has 0 radical (unpaired) electrons. The van der Waals surface area contributed by atoms with Gasteiger partial charge in [0.1, 0.15) is 0 Å². The van der Waals surface area contributed by atoms with E-state index in [1.165, 1.54) is 12.4 Å². The minimum atomic E-state index is 0.0816. The molecule has 0 aliphatic carbocycles. The number of hydrogen-bond acceptors (Lipinski definition) is 4. The molecule has 4 heteroatoms. The minimum Gasteiger partial charge on any atom is -0.504 e. The Balaban J connectivity index is 2.24. The Morgan fingerprint density at radius 2 is 2.00 bits per heavy atom. The summed E-state index contributed by atoms with van der Waals surface area (Å²) in [6, 6.07) is 6.69.